The van der Waals surface area contributed by atoms with Crippen molar-refractivity contribution in [1.29, 1.82) is 0 Å². The first-order valence-corrected chi connectivity index (χ1v) is 11.4. The summed E-state index contributed by atoms with van der Waals surface area (Å²) >= 11 is 0. The van der Waals surface area contributed by atoms with Gasteiger partial charge in [-0.3, -0.25) is 19.1 Å². The Morgan fingerprint density at radius 1 is 1.09 bits per heavy atom. The molecule has 0 unspecified atom stereocenters. The van der Waals surface area contributed by atoms with Gasteiger partial charge in [0.05, 0.1) is 19.8 Å². The highest BCUT2D eigenvalue weighted by Crippen LogP contribution is 2.36. The Bertz CT molecular complexity index is 888. The summed E-state index contributed by atoms with van der Waals surface area (Å²) in [5.74, 6) is -0.640. The Labute approximate surface area is 196 Å². The first-order chi connectivity index (χ1) is 16.0. The summed E-state index contributed by atoms with van der Waals surface area (Å²) in [5, 5.41) is 3.56. The summed E-state index contributed by atoms with van der Waals surface area (Å²) in [7, 11) is 0. The average Bonchev–Trinajstić information content (AvgIpc) is 3.18. The highest BCUT2D eigenvalue weighted by molar-refractivity contribution is 5.78. The molecule has 190 valence electrons. The van der Waals surface area contributed by atoms with E-state index in [1.165, 1.54) is 18.5 Å². The second kappa shape index (κ2) is 10.7. The maximum Gasteiger partial charge on any atom is 0.435 e. The SMILES string of the molecule is CC(=O)OCC1(CC(=O)N2CCOCC2)CCN(C(=O)CCn2nc(C(F)(F)F)cc2C)CC1. The quantitative estimate of drug-likeness (QED) is 0.546. The van der Waals surface area contributed by atoms with Crippen molar-refractivity contribution in [3.05, 3.63) is 17.5 Å². The summed E-state index contributed by atoms with van der Waals surface area (Å²) in [6.45, 7) is 5.77. The van der Waals surface area contributed by atoms with Crippen LogP contribution in [0, 0.1) is 12.3 Å². The van der Waals surface area contributed by atoms with Crippen LogP contribution < -0.4 is 0 Å². The highest BCUT2D eigenvalue weighted by Gasteiger charge is 2.40. The smallest absolute Gasteiger partial charge is 0.435 e. The van der Waals surface area contributed by atoms with E-state index in [-0.39, 0.29) is 37.8 Å². The van der Waals surface area contributed by atoms with E-state index in [2.05, 4.69) is 5.10 Å². The van der Waals surface area contributed by atoms with Crippen LogP contribution in [-0.4, -0.2) is 83.4 Å². The molecule has 0 radical (unpaired) electrons. The fourth-order valence-electron chi connectivity index (χ4n) is 4.34. The minimum Gasteiger partial charge on any atom is -0.465 e. The van der Waals surface area contributed by atoms with Crippen molar-refractivity contribution < 1.29 is 37.0 Å². The number of aromatic nitrogens is 2. The van der Waals surface area contributed by atoms with Gasteiger partial charge in [0.1, 0.15) is 0 Å². The van der Waals surface area contributed by atoms with Gasteiger partial charge < -0.3 is 19.3 Å². The molecule has 0 bridgehead atoms. The number of morpholine rings is 1. The molecule has 2 aliphatic rings. The first kappa shape index (κ1) is 26.0. The maximum absolute atomic E-state index is 12.9. The number of likely N-dealkylation sites (tertiary alicyclic amines) is 1. The molecule has 0 aliphatic carbocycles. The van der Waals surface area contributed by atoms with Gasteiger partial charge in [-0.2, -0.15) is 18.3 Å². The Balaban J connectivity index is 1.57. The number of esters is 1. The molecule has 2 amide bonds. The standard InChI is InChI=1S/C22H31F3N4O5/c1-16-13-18(22(23,24)25)26-29(16)6-3-19(31)27-7-4-21(5-8-27,15-34-17(2)30)14-20(32)28-9-11-33-12-10-28/h13H,3-12,14-15H2,1-2H3. The molecule has 0 N–H and O–H groups in total. The summed E-state index contributed by atoms with van der Waals surface area (Å²) in [6, 6.07) is 0.959. The van der Waals surface area contributed by atoms with Crippen LogP contribution in [0.5, 0.6) is 0 Å². The number of ether oxygens (including phenoxy) is 2. The minimum atomic E-state index is -4.53. The lowest BCUT2D eigenvalue weighted by atomic mass is 9.75. The van der Waals surface area contributed by atoms with Gasteiger partial charge in [0.2, 0.25) is 11.8 Å². The third kappa shape index (κ3) is 6.71. The molecule has 12 heteroatoms. The second-order valence-corrected chi connectivity index (χ2v) is 8.97. The van der Waals surface area contributed by atoms with Gasteiger partial charge in [-0.15, -0.1) is 0 Å². The van der Waals surface area contributed by atoms with Crippen LogP contribution in [0.25, 0.3) is 0 Å². The molecule has 0 spiro atoms. The number of halogens is 3. The van der Waals surface area contributed by atoms with E-state index in [9.17, 15) is 27.6 Å². The van der Waals surface area contributed by atoms with Crippen molar-refractivity contribution in [2.24, 2.45) is 5.41 Å². The number of carbonyl (C=O) groups is 3. The van der Waals surface area contributed by atoms with Crippen molar-refractivity contribution in [2.75, 3.05) is 46.0 Å². The molecule has 2 aliphatic heterocycles. The van der Waals surface area contributed by atoms with E-state index in [4.69, 9.17) is 9.47 Å². The molecule has 9 nitrogen and oxygen atoms in total. The van der Waals surface area contributed by atoms with Gasteiger partial charge in [-0.05, 0) is 25.8 Å². The predicted octanol–water partition coefficient (Wildman–Crippen LogP) is 2.02. The Hall–Kier alpha value is -2.63. The first-order valence-electron chi connectivity index (χ1n) is 11.4. The molecule has 34 heavy (non-hydrogen) atoms. The minimum absolute atomic E-state index is 0.0173. The summed E-state index contributed by atoms with van der Waals surface area (Å²) in [6.07, 6.45) is -3.32. The van der Waals surface area contributed by atoms with E-state index in [1.54, 1.807) is 9.80 Å². The van der Waals surface area contributed by atoms with Gasteiger partial charge in [0.25, 0.3) is 0 Å². The molecule has 3 rings (SSSR count). The zero-order valence-corrected chi connectivity index (χ0v) is 19.5. The number of carbonyl (C=O) groups excluding carboxylic acids is 3. The number of hydrogen-bond acceptors (Lipinski definition) is 6. The van der Waals surface area contributed by atoms with Crippen LogP contribution >= 0.6 is 0 Å². The average molecular weight is 489 g/mol. The topological polar surface area (TPSA) is 94.0 Å². The number of amides is 2. The number of hydrogen-bond donors (Lipinski definition) is 0. The largest absolute Gasteiger partial charge is 0.465 e. The molecule has 3 heterocycles. The summed E-state index contributed by atoms with van der Waals surface area (Å²) in [4.78, 5) is 40.4. The summed E-state index contributed by atoms with van der Waals surface area (Å²) < 4.78 is 50.3. The Morgan fingerprint density at radius 2 is 1.71 bits per heavy atom. The zero-order chi connectivity index (χ0) is 24.9. The third-order valence-electron chi connectivity index (χ3n) is 6.46. The maximum atomic E-state index is 12.9. The number of aryl methyl sites for hydroxylation is 2. The van der Waals surface area contributed by atoms with Crippen LogP contribution in [0.4, 0.5) is 13.2 Å². The molecule has 2 fully saturated rings. The number of nitrogens with zero attached hydrogens (tertiary/aromatic N) is 4. The van der Waals surface area contributed by atoms with Gasteiger partial charge in [0.15, 0.2) is 5.69 Å². The van der Waals surface area contributed by atoms with Crippen molar-refractivity contribution in [3.8, 4) is 0 Å². The van der Waals surface area contributed by atoms with E-state index < -0.39 is 23.3 Å². The van der Waals surface area contributed by atoms with Crippen molar-refractivity contribution in [3.63, 3.8) is 0 Å². The Kier molecular flexibility index (Phi) is 8.21. The van der Waals surface area contributed by atoms with Gasteiger partial charge in [0, 0.05) is 63.6 Å². The fraction of sp³-hybridized carbons (Fsp3) is 0.727. The van der Waals surface area contributed by atoms with E-state index in [0.717, 1.165) is 6.07 Å². The number of piperidine rings is 1. The molecule has 2 saturated heterocycles. The molecule has 0 atom stereocenters. The lowest BCUT2D eigenvalue weighted by molar-refractivity contribution is -0.152. The molecular formula is C22H31F3N4O5. The van der Waals surface area contributed by atoms with Crippen LogP contribution in [0.15, 0.2) is 6.07 Å². The molecule has 0 aromatic carbocycles. The third-order valence-corrected chi connectivity index (χ3v) is 6.46. The van der Waals surface area contributed by atoms with E-state index >= 15 is 0 Å². The number of rotatable bonds is 7. The lowest BCUT2D eigenvalue weighted by Crippen LogP contribution is -2.49. The molecular weight excluding hydrogens is 457 g/mol. The van der Waals surface area contributed by atoms with E-state index in [0.29, 0.717) is 57.9 Å². The van der Waals surface area contributed by atoms with Crippen LogP contribution in [0.3, 0.4) is 0 Å². The van der Waals surface area contributed by atoms with Gasteiger partial charge >= 0.3 is 12.1 Å². The fourth-order valence-corrected chi connectivity index (χ4v) is 4.34. The van der Waals surface area contributed by atoms with Crippen LogP contribution in [0.1, 0.15) is 44.0 Å². The van der Waals surface area contributed by atoms with Gasteiger partial charge in [-0.1, -0.05) is 0 Å². The molecule has 0 saturated carbocycles. The van der Waals surface area contributed by atoms with Crippen molar-refractivity contribution in [1.82, 2.24) is 19.6 Å². The molecule has 1 aromatic heterocycles. The normalized spacial score (nSPS) is 18.6. The van der Waals surface area contributed by atoms with Crippen LogP contribution in [0.2, 0.25) is 0 Å². The predicted molar refractivity (Wildman–Crippen MR) is 113 cm³/mol. The van der Waals surface area contributed by atoms with Crippen molar-refractivity contribution in [2.45, 2.75) is 52.3 Å². The lowest BCUT2D eigenvalue weighted by Gasteiger charge is -2.42. The second-order valence-electron chi connectivity index (χ2n) is 8.97. The summed E-state index contributed by atoms with van der Waals surface area (Å²) in [5.41, 5.74) is -1.20. The monoisotopic (exact) mass is 488 g/mol. The van der Waals surface area contributed by atoms with E-state index in [1.807, 2.05) is 0 Å². The highest BCUT2D eigenvalue weighted by atomic mass is 19.4. The van der Waals surface area contributed by atoms with Crippen LogP contribution in [-0.2, 0) is 36.6 Å². The van der Waals surface area contributed by atoms with Gasteiger partial charge in [-0.25, -0.2) is 0 Å². The zero-order valence-electron chi connectivity index (χ0n) is 19.5. The number of alkyl halides is 3. The Morgan fingerprint density at radius 3 is 2.26 bits per heavy atom. The van der Waals surface area contributed by atoms with Crippen molar-refractivity contribution >= 4 is 17.8 Å². The molecule has 1 aromatic rings.